The highest BCUT2D eigenvalue weighted by Gasteiger charge is 2.57. The number of nitrogens with zero attached hydrogens (tertiary/aromatic N) is 2. The van der Waals surface area contributed by atoms with Crippen molar-refractivity contribution in [2.45, 2.75) is 69.9 Å². The number of ether oxygens (including phenoxy) is 1. The fourth-order valence-corrected chi connectivity index (χ4v) is 6.03. The third-order valence-electron chi connectivity index (χ3n) is 7.26. The lowest BCUT2D eigenvalue weighted by molar-refractivity contribution is -0.0784. The van der Waals surface area contributed by atoms with Crippen LogP contribution in [-0.2, 0) is 24.6 Å². The molecule has 4 atom stereocenters. The molecule has 1 aromatic rings. The van der Waals surface area contributed by atoms with Crippen molar-refractivity contribution in [3.63, 3.8) is 0 Å². The van der Waals surface area contributed by atoms with Crippen LogP contribution in [0, 0.1) is 17.8 Å². The number of hydrogen-bond acceptors (Lipinski definition) is 3. The topological polar surface area (TPSA) is 56.2 Å². The van der Waals surface area contributed by atoms with Crippen LogP contribution in [0.25, 0.3) is 0 Å². The smallest absolute Gasteiger partial charge is 0.272 e. The van der Waals surface area contributed by atoms with Gasteiger partial charge in [-0.05, 0) is 38.0 Å². The Morgan fingerprint density at radius 3 is 2.80 bits per heavy atom. The second-order valence-electron chi connectivity index (χ2n) is 8.51. The summed E-state index contributed by atoms with van der Waals surface area (Å²) in [6.45, 7) is 0.865. The molecule has 1 aliphatic heterocycles. The molecule has 0 unspecified atom stereocenters. The zero-order valence-corrected chi connectivity index (χ0v) is 15.2. The Balaban J connectivity index is 1.36. The number of carbonyl (C=O) groups is 1. The largest absolute Gasteiger partial charge is 0.377 e. The molecule has 2 saturated carbocycles. The quantitative estimate of drug-likeness (QED) is 0.918. The van der Waals surface area contributed by atoms with Crippen molar-refractivity contribution < 1.29 is 9.53 Å². The van der Waals surface area contributed by atoms with E-state index in [1.807, 2.05) is 11.7 Å². The lowest BCUT2D eigenvalue weighted by Crippen LogP contribution is -2.63. The molecule has 2 heterocycles. The highest BCUT2D eigenvalue weighted by Crippen LogP contribution is 2.51. The molecule has 25 heavy (non-hydrogen) atoms. The molecule has 3 aliphatic carbocycles. The highest BCUT2D eigenvalue weighted by molar-refractivity contribution is 5.94. The maximum Gasteiger partial charge on any atom is 0.272 e. The molecule has 3 fully saturated rings. The van der Waals surface area contributed by atoms with E-state index in [4.69, 9.17) is 4.74 Å². The van der Waals surface area contributed by atoms with Gasteiger partial charge in [0.1, 0.15) is 0 Å². The van der Waals surface area contributed by atoms with Gasteiger partial charge in [-0.3, -0.25) is 9.48 Å². The maximum absolute atomic E-state index is 13.1. The first-order valence-corrected chi connectivity index (χ1v) is 10.2. The first-order chi connectivity index (χ1) is 12.2. The van der Waals surface area contributed by atoms with Crippen molar-refractivity contribution in [1.29, 1.82) is 0 Å². The fourth-order valence-electron chi connectivity index (χ4n) is 6.03. The minimum Gasteiger partial charge on any atom is -0.377 e. The number of rotatable bonds is 3. The molecule has 136 valence electrons. The van der Waals surface area contributed by atoms with Gasteiger partial charge in [0, 0.05) is 42.8 Å². The summed E-state index contributed by atoms with van der Waals surface area (Å²) in [7, 11) is 1.98. The first-order valence-electron chi connectivity index (χ1n) is 10.2. The third kappa shape index (κ3) is 2.46. The molecule has 0 radical (unpaired) electrons. The molecule has 1 aromatic heterocycles. The minimum absolute atomic E-state index is 0.0529. The Kier molecular flexibility index (Phi) is 3.88. The van der Waals surface area contributed by atoms with Gasteiger partial charge in [-0.25, -0.2) is 0 Å². The van der Waals surface area contributed by atoms with Gasteiger partial charge in [-0.1, -0.05) is 25.7 Å². The number of carbonyl (C=O) groups excluding carboxylic acids is 1. The minimum atomic E-state index is 0.0529. The lowest BCUT2D eigenvalue weighted by atomic mass is 9.61. The Bertz CT molecular complexity index is 672. The fraction of sp³-hybridized carbons (Fsp3) is 0.800. The van der Waals surface area contributed by atoms with Crippen LogP contribution in [0.15, 0.2) is 0 Å². The van der Waals surface area contributed by atoms with Crippen molar-refractivity contribution in [3.8, 4) is 0 Å². The van der Waals surface area contributed by atoms with Crippen LogP contribution in [0.2, 0.25) is 0 Å². The van der Waals surface area contributed by atoms with E-state index in [1.54, 1.807) is 0 Å². The van der Waals surface area contributed by atoms with Gasteiger partial charge in [0.05, 0.1) is 6.10 Å². The first kappa shape index (κ1) is 15.9. The van der Waals surface area contributed by atoms with Crippen molar-refractivity contribution in [3.05, 3.63) is 17.0 Å². The summed E-state index contributed by atoms with van der Waals surface area (Å²) in [5.74, 6) is 1.84. The van der Waals surface area contributed by atoms with Crippen LogP contribution >= 0.6 is 0 Å². The summed E-state index contributed by atoms with van der Waals surface area (Å²) in [4.78, 5) is 13.1. The standard InChI is InChI=1S/C20H29N3O2/c1-23-15-9-5-4-8-13(15)18(22-23)20(24)21-17-14-10-11-25-19(14)16(17)12-6-2-3-7-12/h12,14,16-17,19H,2-11H2,1H3,(H,21,24)/t14-,16+,17+,19-/m0/s1. The van der Waals surface area contributed by atoms with Crippen LogP contribution in [0.3, 0.4) is 0 Å². The van der Waals surface area contributed by atoms with Crippen LogP contribution in [0.4, 0.5) is 0 Å². The Labute approximate surface area is 149 Å². The summed E-state index contributed by atoms with van der Waals surface area (Å²) in [5.41, 5.74) is 3.14. The van der Waals surface area contributed by atoms with Crippen molar-refractivity contribution in [2.75, 3.05) is 6.61 Å². The monoisotopic (exact) mass is 343 g/mol. The molecule has 0 aromatic carbocycles. The molecule has 5 heteroatoms. The van der Waals surface area contributed by atoms with E-state index in [9.17, 15) is 4.79 Å². The van der Waals surface area contributed by atoms with Crippen molar-refractivity contribution in [2.24, 2.45) is 24.8 Å². The van der Waals surface area contributed by atoms with Crippen LogP contribution in [0.1, 0.15) is 66.7 Å². The third-order valence-corrected chi connectivity index (χ3v) is 7.26. The number of hydrogen-bond donors (Lipinski definition) is 1. The predicted molar refractivity (Wildman–Crippen MR) is 94.4 cm³/mol. The number of aryl methyl sites for hydroxylation is 1. The second kappa shape index (κ2) is 6.11. The Hall–Kier alpha value is -1.36. The van der Waals surface area contributed by atoms with E-state index in [0.717, 1.165) is 31.8 Å². The molecule has 5 nitrogen and oxygen atoms in total. The van der Waals surface area contributed by atoms with E-state index in [0.29, 0.717) is 29.7 Å². The predicted octanol–water partition coefficient (Wildman–Crippen LogP) is 2.62. The Morgan fingerprint density at radius 1 is 1.16 bits per heavy atom. The summed E-state index contributed by atoms with van der Waals surface area (Å²) in [6, 6.07) is 0.296. The maximum atomic E-state index is 13.1. The van der Waals surface area contributed by atoms with Gasteiger partial charge < -0.3 is 10.1 Å². The summed E-state index contributed by atoms with van der Waals surface area (Å²) < 4.78 is 7.95. The lowest BCUT2D eigenvalue weighted by Gasteiger charge is -2.50. The average Bonchev–Trinajstić information content (AvgIpc) is 3.34. The molecular weight excluding hydrogens is 314 g/mol. The molecule has 1 amide bonds. The molecule has 1 N–H and O–H groups in total. The number of amides is 1. The van der Waals surface area contributed by atoms with Gasteiger partial charge in [-0.2, -0.15) is 5.10 Å². The number of aromatic nitrogens is 2. The van der Waals surface area contributed by atoms with Crippen molar-refractivity contribution in [1.82, 2.24) is 15.1 Å². The van der Waals surface area contributed by atoms with Gasteiger partial charge in [0.25, 0.3) is 5.91 Å². The molecule has 1 saturated heterocycles. The summed E-state index contributed by atoms with van der Waals surface area (Å²) >= 11 is 0. The van der Waals surface area contributed by atoms with E-state index < -0.39 is 0 Å². The van der Waals surface area contributed by atoms with E-state index in [2.05, 4.69) is 10.4 Å². The molecular formula is C20H29N3O2. The zero-order chi connectivity index (χ0) is 17.0. The van der Waals surface area contributed by atoms with Gasteiger partial charge in [0.15, 0.2) is 5.69 Å². The molecule has 0 bridgehead atoms. The summed E-state index contributed by atoms with van der Waals surface area (Å²) in [6.07, 6.45) is 11.2. The van der Waals surface area contributed by atoms with Crippen LogP contribution < -0.4 is 5.32 Å². The molecule has 0 spiro atoms. The summed E-state index contributed by atoms with van der Waals surface area (Å²) in [5, 5.41) is 7.98. The van der Waals surface area contributed by atoms with Gasteiger partial charge in [0.2, 0.25) is 0 Å². The van der Waals surface area contributed by atoms with Gasteiger partial charge >= 0.3 is 0 Å². The molecule has 5 rings (SSSR count). The van der Waals surface area contributed by atoms with E-state index in [1.165, 1.54) is 49.8 Å². The second-order valence-corrected chi connectivity index (χ2v) is 8.51. The van der Waals surface area contributed by atoms with E-state index >= 15 is 0 Å². The average molecular weight is 343 g/mol. The van der Waals surface area contributed by atoms with Crippen molar-refractivity contribution >= 4 is 5.91 Å². The van der Waals surface area contributed by atoms with Crippen LogP contribution in [-0.4, -0.2) is 34.4 Å². The van der Waals surface area contributed by atoms with Gasteiger partial charge in [-0.15, -0.1) is 0 Å². The van der Waals surface area contributed by atoms with E-state index in [-0.39, 0.29) is 5.91 Å². The highest BCUT2D eigenvalue weighted by atomic mass is 16.5. The molecule has 4 aliphatic rings. The SMILES string of the molecule is Cn1nc(C(=O)N[C@@H]2[C@@H]3CCO[C@@H]3[C@@H]2C2CCCC2)c2c1CCCC2. The number of nitrogens with one attached hydrogen (secondary N) is 1. The zero-order valence-electron chi connectivity index (χ0n) is 15.2. The normalized spacial score (nSPS) is 34.4. The Morgan fingerprint density at radius 2 is 1.96 bits per heavy atom. The number of fused-ring (bicyclic) bond motifs is 2. The van der Waals surface area contributed by atoms with Crippen LogP contribution in [0.5, 0.6) is 0 Å².